The summed E-state index contributed by atoms with van der Waals surface area (Å²) in [5.41, 5.74) is 2.54. The van der Waals surface area contributed by atoms with Crippen LogP contribution in [0.1, 0.15) is 42.1 Å². The fourth-order valence-electron chi connectivity index (χ4n) is 3.11. The van der Waals surface area contributed by atoms with Gasteiger partial charge >= 0.3 is 5.97 Å². The quantitative estimate of drug-likeness (QED) is 0.656. The zero-order valence-electron chi connectivity index (χ0n) is 15.0. The third kappa shape index (κ3) is 5.17. The molecule has 26 heavy (non-hydrogen) atoms. The second kappa shape index (κ2) is 8.63. The number of carbonyl (C=O) groups is 2. The molecule has 1 heterocycles. The van der Waals surface area contributed by atoms with Crippen LogP contribution < -0.4 is 10.1 Å². The standard InChI is InChI=1S/C21H24N2O3/c1-16(24)26-20-11-7-18(8-12-20)21(25)22-19-9-5-17(6-10-19)15-23-13-3-2-4-14-23/h5-12H,2-4,13-15H2,1H3,(H,22,25). The molecule has 3 rings (SSSR count). The summed E-state index contributed by atoms with van der Waals surface area (Å²) in [6.45, 7) is 4.64. The van der Waals surface area contributed by atoms with Crippen molar-refractivity contribution in [3.8, 4) is 5.75 Å². The smallest absolute Gasteiger partial charge is 0.308 e. The van der Waals surface area contributed by atoms with Gasteiger partial charge in [0.1, 0.15) is 5.75 Å². The molecule has 5 heteroatoms. The average molecular weight is 352 g/mol. The Morgan fingerprint density at radius 3 is 2.23 bits per heavy atom. The lowest BCUT2D eigenvalue weighted by Crippen LogP contribution is -2.29. The van der Waals surface area contributed by atoms with Crippen LogP contribution in [0.4, 0.5) is 5.69 Å². The van der Waals surface area contributed by atoms with Crippen molar-refractivity contribution < 1.29 is 14.3 Å². The average Bonchev–Trinajstić information content (AvgIpc) is 2.64. The molecule has 0 saturated carbocycles. The fourth-order valence-corrected chi connectivity index (χ4v) is 3.11. The van der Waals surface area contributed by atoms with Gasteiger partial charge in [0.15, 0.2) is 0 Å². The summed E-state index contributed by atoms with van der Waals surface area (Å²) in [6.07, 6.45) is 3.90. The van der Waals surface area contributed by atoms with Crippen LogP contribution in [0.2, 0.25) is 0 Å². The first-order valence-electron chi connectivity index (χ1n) is 9.01. The molecule has 0 radical (unpaired) electrons. The topological polar surface area (TPSA) is 58.6 Å². The van der Waals surface area contributed by atoms with Gasteiger partial charge in [-0.2, -0.15) is 0 Å². The lowest BCUT2D eigenvalue weighted by molar-refractivity contribution is -0.131. The third-order valence-corrected chi connectivity index (χ3v) is 4.44. The molecular weight excluding hydrogens is 328 g/mol. The van der Waals surface area contributed by atoms with Crippen molar-refractivity contribution in [1.29, 1.82) is 0 Å². The highest BCUT2D eigenvalue weighted by Crippen LogP contribution is 2.17. The van der Waals surface area contributed by atoms with E-state index in [-0.39, 0.29) is 11.9 Å². The molecule has 1 fully saturated rings. The third-order valence-electron chi connectivity index (χ3n) is 4.44. The molecule has 0 bridgehead atoms. The fraction of sp³-hybridized carbons (Fsp3) is 0.333. The summed E-state index contributed by atoms with van der Waals surface area (Å²) in [7, 11) is 0. The number of anilines is 1. The zero-order valence-corrected chi connectivity index (χ0v) is 15.0. The molecular formula is C21H24N2O3. The van der Waals surface area contributed by atoms with Gasteiger partial charge in [0.25, 0.3) is 5.91 Å². The van der Waals surface area contributed by atoms with Crippen LogP contribution in [0, 0.1) is 0 Å². The van der Waals surface area contributed by atoms with Crippen LogP contribution in [0.15, 0.2) is 48.5 Å². The number of hydrogen-bond donors (Lipinski definition) is 1. The molecule has 1 aliphatic heterocycles. The lowest BCUT2D eigenvalue weighted by Gasteiger charge is -2.26. The van der Waals surface area contributed by atoms with Crippen molar-refractivity contribution in [2.75, 3.05) is 18.4 Å². The number of likely N-dealkylation sites (tertiary alicyclic amines) is 1. The monoisotopic (exact) mass is 352 g/mol. The van der Waals surface area contributed by atoms with Gasteiger partial charge in [-0.15, -0.1) is 0 Å². The van der Waals surface area contributed by atoms with Crippen molar-refractivity contribution in [2.45, 2.75) is 32.7 Å². The van der Waals surface area contributed by atoms with E-state index in [1.54, 1.807) is 24.3 Å². The van der Waals surface area contributed by atoms with Crippen LogP contribution in [-0.2, 0) is 11.3 Å². The SMILES string of the molecule is CC(=O)Oc1ccc(C(=O)Nc2ccc(CN3CCCCC3)cc2)cc1. The van der Waals surface area contributed by atoms with Crippen LogP contribution in [0.5, 0.6) is 5.75 Å². The summed E-state index contributed by atoms with van der Waals surface area (Å²) in [6, 6.07) is 14.5. The van der Waals surface area contributed by atoms with Crippen molar-refractivity contribution in [2.24, 2.45) is 0 Å². The minimum atomic E-state index is -0.383. The minimum Gasteiger partial charge on any atom is -0.427 e. The van der Waals surface area contributed by atoms with Crippen LogP contribution in [0.3, 0.4) is 0 Å². The molecule has 0 unspecified atom stereocenters. The van der Waals surface area contributed by atoms with E-state index in [9.17, 15) is 9.59 Å². The second-order valence-corrected chi connectivity index (χ2v) is 6.61. The molecule has 0 spiro atoms. The maximum Gasteiger partial charge on any atom is 0.308 e. The zero-order chi connectivity index (χ0) is 18.4. The largest absolute Gasteiger partial charge is 0.427 e. The number of piperidine rings is 1. The van der Waals surface area contributed by atoms with Gasteiger partial charge in [-0.25, -0.2) is 0 Å². The van der Waals surface area contributed by atoms with E-state index in [0.29, 0.717) is 11.3 Å². The summed E-state index contributed by atoms with van der Waals surface area (Å²) >= 11 is 0. The van der Waals surface area contributed by atoms with E-state index in [0.717, 1.165) is 12.2 Å². The highest BCUT2D eigenvalue weighted by Gasteiger charge is 2.11. The van der Waals surface area contributed by atoms with Gasteiger partial charge in [0.2, 0.25) is 0 Å². The number of ether oxygens (including phenoxy) is 1. The van der Waals surface area contributed by atoms with E-state index in [1.165, 1.54) is 44.8 Å². The lowest BCUT2D eigenvalue weighted by atomic mass is 10.1. The normalized spacial score (nSPS) is 14.7. The van der Waals surface area contributed by atoms with Gasteiger partial charge in [-0.3, -0.25) is 14.5 Å². The molecule has 1 N–H and O–H groups in total. The van der Waals surface area contributed by atoms with E-state index >= 15 is 0 Å². The molecule has 2 aromatic rings. The second-order valence-electron chi connectivity index (χ2n) is 6.61. The van der Waals surface area contributed by atoms with Gasteiger partial charge in [-0.1, -0.05) is 18.6 Å². The van der Waals surface area contributed by atoms with Crippen LogP contribution in [-0.4, -0.2) is 29.9 Å². The maximum absolute atomic E-state index is 12.3. The number of nitrogens with one attached hydrogen (secondary N) is 1. The number of carbonyl (C=O) groups excluding carboxylic acids is 2. The predicted molar refractivity (Wildman–Crippen MR) is 101 cm³/mol. The maximum atomic E-state index is 12.3. The Morgan fingerprint density at radius 1 is 0.962 bits per heavy atom. The number of esters is 1. The first kappa shape index (κ1) is 18.1. The Kier molecular flexibility index (Phi) is 6.02. The molecule has 5 nitrogen and oxygen atoms in total. The van der Waals surface area contributed by atoms with Gasteiger partial charge < -0.3 is 10.1 Å². The summed E-state index contributed by atoms with van der Waals surface area (Å²) < 4.78 is 4.97. The molecule has 1 amide bonds. The molecule has 0 aromatic heterocycles. The first-order chi connectivity index (χ1) is 12.6. The van der Waals surface area contributed by atoms with Crippen molar-refractivity contribution >= 4 is 17.6 Å². The highest BCUT2D eigenvalue weighted by molar-refractivity contribution is 6.04. The summed E-state index contributed by atoms with van der Waals surface area (Å²) in [4.78, 5) is 25.7. The molecule has 136 valence electrons. The van der Waals surface area contributed by atoms with Gasteiger partial charge in [0, 0.05) is 24.7 Å². The predicted octanol–water partition coefficient (Wildman–Crippen LogP) is 3.85. The Balaban J connectivity index is 1.56. The van der Waals surface area contributed by atoms with E-state index < -0.39 is 0 Å². The highest BCUT2D eigenvalue weighted by atomic mass is 16.5. The Bertz CT molecular complexity index is 748. The Hall–Kier alpha value is -2.66. The number of rotatable bonds is 5. The minimum absolute atomic E-state index is 0.192. The summed E-state index contributed by atoms with van der Waals surface area (Å²) in [5, 5.41) is 2.89. The number of amides is 1. The first-order valence-corrected chi connectivity index (χ1v) is 9.01. The molecule has 2 aromatic carbocycles. The van der Waals surface area contributed by atoms with Crippen molar-refractivity contribution in [3.05, 3.63) is 59.7 Å². The number of hydrogen-bond acceptors (Lipinski definition) is 4. The number of nitrogens with zero attached hydrogens (tertiary/aromatic N) is 1. The van der Waals surface area contributed by atoms with Gasteiger partial charge in [0.05, 0.1) is 0 Å². The molecule has 1 saturated heterocycles. The Labute approximate surface area is 154 Å². The number of benzene rings is 2. The van der Waals surface area contributed by atoms with Crippen molar-refractivity contribution in [1.82, 2.24) is 4.90 Å². The van der Waals surface area contributed by atoms with E-state index in [1.807, 2.05) is 12.1 Å². The van der Waals surface area contributed by atoms with Crippen LogP contribution in [0.25, 0.3) is 0 Å². The van der Waals surface area contributed by atoms with Crippen molar-refractivity contribution in [3.63, 3.8) is 0 Å². The van der Waals surface area contributed by atoms with E-state index in [4.69, 9.17) is 4.74 Å². The molecule has 0 atom stereocenters. The molecule has 0 aliphatic carbocycles. The molecule has 1 aliphatic rings. The van der Waals surface area contributed by atoms with Gasteiger partial charge in [-0.05, 0) is 67.9 Å². The summed E-state index contributed by atoms with van der Waals surface area (Å²) in [5.74, 6) is -0.147. The Morgan fingerprint density at radius 2 is 1.62 bits per heavy atom. The van der Waals surface area contributed by atoms with E-state index in [2.05, 4.69) is 22.3 Å². The van der Waals surface area contributed by atoms with Crippen LogP contribution >= 0.6 is 0 Å².